The Morgan fingerprint density at radius 3 is 2.40 bits per heavy atom. The largest absolute Gasteiger partial charge is 0.573 e. The number of halogens is 3. The van der Waals surface area contributed by atoms with Gasteiger partial charge in [0.2, 0.25) is 0 Å². The van der Waals surface area contributed by atoms with Crippen LogP contribution in [0.2, 0.25) is 0 Å². The molecule has 2 aromatic rings. The summed E-state index contributed by atoms with van der Waals surface area (Å²) >= 11 is 0. The number of unbranched alkanes of at least 4 members (excludes halogenated alkanes) is 2. The Hall–Kier alpha value is -1.71. The molecule has 164 valence electrons. The highest BCUT2D eigenvalue weighted by molar-refractivity contribution is 5.84. The summed E-state index contributed by atoms with van der Waals surface area (Å²) < 4.78 is 41.4. The molecule has 4 atom stereocenters. The van der Waals surface area contributed by atoms with Crippen molar-refractivity contribution in [3.8, 4) is 5.75 Å². The first kappa shape index (κ1) is 21.5. The molecule has 0 amide bonds. The van der Waals surface area contributed by atoms with Crippen LogP contribution in [0.25, 0.3) is 10.8 Å². The van der Waals surface area contributed by atoms with Gasteiger partial charge < -0.3 is 4.74 Å². The fourth-order valence-electron chi connectivity index (χ4n) is 5.93. The monoisotopic (exact) mass is 418 g/mol. The standard InChI is InChI=1S/C26H33F3O/c1-2-3-4-5-18-6-7-20-15-21(9-8-19(20)14-18)22-10-11-24-17-25(30-26(27,28)29)13-12-23(24)16-22/h10-13,16-21H,2-9,14-15H2,1H3/t18-,19?,20-,21?/m1/s1. The van der Waals surface area contributed by atoms with E-state index in [0.717, 1.165) is 28.5 Å². The van der Waals surface area contributed by atoms with E-state index in [1.54, 1.807) is 6.07 Å². The number of fused-ring (bicyclic) bond motifs is 2. The molecule has 0 radical (unpaired) electrons. The van der Waals surface area contributed by atoms with Crippen LogP contribution in [0.4, 0.5) is 13.2 Å². The molecule has 2 fully saturated rings. The van der Waals surface area contributed by atoms with Crippen LogP contribution in [0.1, 0.15) is 82.6 Å². The minimum atomic E-state index is -4.65. The quantitative estimate of drug-likeness (QED) is 0.427. The van der Waals surface area contributed by atoms with E-state index in [4.69, 9.17) is 0 Å². The third-order valence-electron chi connectivity index (χ3n) is 7.48. The minimum Gasteiger partial charge on any atom is -0.406 e. The summed E-state index contributed by atoms with van der Waals surface area (Å²) in [5.74, 6) is 3.13. The van der Waals surface area contributed by atoms with Gasteiger partial charge in [0, 0.05) is 0 Å². The molecule has 30 heavy (non-hydrogen) atoms. The van der Waals surface area contributed by atoms with Crippen LogP contribution in [-0.2, 0) is 0 Å². The van der Waals surface area contributed by atoms with Gasteiger partial charge in [-0.25, -0.2) is 0 Å². The number of ether oxygens (including phenoxy) is 1. The van der Waals surface area contributed by atoms with Crippen molar-refractivity contribution < 1.29 is 17.9 Å². The Labute approximate surface area is 178 Å². The first-order valence-corrected chi connectivity index (χ1v) is 11.7. The van der Waals surface area contributed by atoms with Crippen molar-refractivity contribution >= 4 is 10.8 Å². The highest BCUT2D eigenvalue weighted by Gasteiger charge is 2.36. The van der Waals surface area contributed by atoms with Crippen LogP contribution in [0.3, 0.4) is 0 Å². The lowest BCUT2D eigenvalue weighted by Gasteiger charge is -2.42. The lowest BCUT2D eigenvalue weighted by molar-refractivity contribution is -0.274. The average Bonchev–Trinajstić information content (AvgIpc) is 2.72. The van der Waals surface area contributed by atoms with Gasteiger partial charge in [0.25, 0.3) is 0 Å². The van der Waals surface area contributed by atoms with E-state index in [9.17, 15) is 13.2 Å². The third-order valence-corrected chi connectivity index (χ3v) is 7.48. The molecule has 4 rings (SSSR count). The lowest BCUT2D eigenvalue weighted by Crippen LogP contribution is -2.30. The Kier molecular flexibility index (Phi) is 6.60. The summed E-state index contributed by atoms with van der Waals surface area (Å²) in [7, 11) is 0. The number of hydrogen-bond acceptors (Lipinski definition) is 1. The second-order valence-electron chi connectivity index (χ2n) is 9.52. The molecule has 4 heteroatoms. The summed E-state index contributed by atoms with van der Waals surface area (Å²) in [6.07, 6.45) is 8.90. The van der Waals surface area contributed by atoms with E-state index < -0.39 is 6.36 Å². The molecule has 0 aromatic heterocycles. The molecular weight excluding hydrogens is 385 g/mol. The van der Waals surface area contributed by atoms with Crippen molar-refractivity contribution in [3.05, 3.63) is 42.0 Å². The zero-order chi connectivity index (χ0) is 21.1. The van der Waals surface area contributed by atoms with Crippen molar-refractivity contribution in [2.75, 3.05) is 0 Å². The highest BCUT2D eigenvalue weighted by atomic mass is 19.4. The van der Waals surface area contributed by atoms with Crippen molar-refractivity contribution in [1.29, 1.82) is 0 Å². The molecule has 2 saturated carbocycles. The predicted octanol–water partition coefficient (Wildman–Crippen LogP) is 8.62. The zero-order valence-corrected chi connectivity index (χ0v) is 17.9. The van der Waals surface area contributed by atoms with Gasteiger partial charge in [-0.3, -0.25) is 0 Å². The smallest absolute Gasteiger partial charge is 0.406 e. The first-order chi connectivity index (χ1) is 14.4. The number of rotatable bonds is 6. The molecule has 0 saturated heterocycles. The van der Waals surface area contributed by atoms with Gasteiger partial charge in [-0.1, -0.05) is 63.3 Å². The van der Waals surface area contributed by atoms with Gasteiger partial charge in [-0.15, -0.1) is 13.2 Å². The van der Waals surface area contributed by atoms with Gasteiger partial charge in [0.05, 0.1) is 0 Å². The van der Waals surface area contributed by atoms with Gasteiger partial charge in [0.15, 0.2) is 0 Å². The van der Waals surface area contributed by atoms with Crippen molar-refractivity contribution in [2.45, 2.75) is 83.4 Å². The van der Waals surface area contributed by atoms with Gasteiger partial charge in [0.1, 0.15) is 5.75 Å². The fourth-order valence-corrected chi connectivity index (χ4v) is 5.93. The maximum atomic E-state index is 12.5. The van der Waals surface area contributed by atoms with Crippen LogP contribution in [0.15, 0.2) is 36.4 Å². The van der Waals surface area contributed by atoms with E-state index >= 15 is 0 Å². The Bertz CT molecular complexity index is 844. The average molecular weight is 419 g/mol. The molecule has 2 unspecified atom stereocenters. The van der Waals surface area contributed by atoms with Crippen LogP contribution in [-0.4, -0.2) is 6.36 Å². The minimum absolute atomic E-state index is 0.154. The Balaban J connectivity index is 1.39. The summed E-state index contributed by atoms with van der Waals surface area (Å²) in [5.41, 5.74) is 1.34. The lowest BCUT2D eigenvalue weighted by atomic mass is 9.63. The van der Waals surface area contributed by atoms with E-state index in [0.29, 0.717) is 5.92 Å². The van der Waals surface area contributed by atoms with Crippen molar-refractivity contribution in [2.24, 2.45) is 17.8 Å². The molecular formula is C26H33F3O. The molecule has 2 aliphatic rings. The zero-order valence-electron chi connectivity index (χ0n) is 17.9. The molecule has 1 nitrogen and oxygen atoms in total. The van der Waals surface area contributed by atoms with E-state index in [2.05, 4.69) is 23.8 Å². The predicted molar refractivity (Wildman–Crippen MR) is 116 cm³/mol. The molecule has 2 aromatic carbocycles. The molecule has 0 N–H and O–H groups in total. The molecule has 2 aliphatic carbocycles. The van der Waals surface area contributed by atoms with Gasteiger partial charge in [-0.05, 0) is 84.2 Å². The van der Waals surface area contributed by atoms with Crippen LogP contribution in [0, 0.1) is 17.8 Å². The maximum absolute atomic E-state index is 12.5. The second-order valence-corrected chi connectivity index (χ2v) is 9.52. The summed E-state index contributed by atoms with van der Waals surface area (Å²) in [5, 5.41) is 1.78. The highest BCUT2D eigenvalue weighted by Crippen LogP contribution is 2.48. The SMILES string of the molecule is CCCCC[C@@H]1CC[C@@H]2CC(c3ccc4cc(OC(F)(F)F)ccc4c3)CCC2C1. The summed E-state index contributed by atoms with van der Waals surface area (Å²) in [6, 6.07) is 10.9. The van der Waals surface area contributed by atoms with Crippen molar-refractivity contribution in [3.63, 3.8) is 0 Å². The maximum Gasteiger partial charge on any atom is 0.573 e. The van der Waals surface area contributed by atoms with Crippen LogP contribution < -0.4 is 4.74 Å². The van der Waals surface area contributed by atoms with Crippen LogP contribution in [0.5, 0.6) is 5.75 Å². The number of hydrogen-bond donors (Lipinski definition) is 0. The first-order valence-electron chi connectivity index (χ1n) is 11.7. The Morgan fingerprint density at radius 1 is 0.867 bits per heavy atom. The topological polar surface area (TPSA) is 9.23 Å². The summed E-state index contributed by atoms with van der Waals surface area (Å²) in [4.78, 5) is 0. The second kappa shape index (κ2) is 9.20. The van der Waals surface area contributed by atoms with E-state index in [-0.39, 0.29) is 5.75 Å². The summed E-state index contributed by atoms with van der Waals surface area (Å²) in [6.45, 7) is 2.28. The van der Waals surface area contributed by atoms with Gasteiger partial charge >= 0.3 is 6.36 Å². The van der Waals surface area contributed by atoms with E-state index in [1.165, 1.54) is 81.9 Å². The fraction of sp³-hybridized carbons (Fsp3) is 0.615. The Morgan fingerprint density at radius 2 is 1.60 bits per heavy atom. The number of alkyl halides is 3. The molecule has 0 heterocycles. The van der Waals surface area contributed by atoms with Gasteiger partial charge in [-0.2, -0.15) is 0 Å². The number of benzene rings is 2. The van der Waals surface area contributed by atoms with E-state index in [1.807, 2.05) is 6.07 Å². The van der Waals surface area contributed by atoms with Crippen molar-refractivity contribution in [1.82, 2.24) is 0 Å². The molecule has 0 aliphatic heterocycles. The molecule has 0 spiro atoms. The van der Waals surface area contributed by atoms with Crippen LogP contribution >= 0.6 is 0 Å². The molecule has 0 bridgehead atoms. The normalized spacial score (nSPS) is 27.1. The third kappa shape index (κ3) is 5.31.